The Morgan fingerprint density at radius 1 is 1.16 bits per heavy atom. The molecule has 5 N–H and O–H groups in total. The predicted molar refractivity (Wildman–Crippen MR) is 122 cm³/mol. The van der Waals surface area contributed by atoms with Crippen molar-refractivity contribution in [3.63, 3.8) is 0 Å². The normalized spacial score (nSPS) is 16.4. The predicted octanol–water partition coefficient (Wildman–Crippen LogP) is 2.32. The molecule has 1 fully saturated rings. The van der Waals surface area contributed by atoms with Crippen molar-refractivity contribution < 1.29 is 19.6 Å². The number of fused-ring (bicyclic) bond motifs is 1. The minimum Gasteiger partial charge on any atom is -0.426 e. The van der Waals surface area contributed by atoms with E-state index >= 15 is 0 Å². The molecule has 7 nitrogen and oxygen atoms in total. The number of benzene rings is 1. The Morgan fingerprint density at radius 3 is 2.55 bits per heavy atom. The molecule has 0 saturated heterocycles. The quantitative estimate of drug-likeness (QED) is 0.375. The first-order valence-electron chi connectivity index (χ1n) is 11.3. The molecule has 2 aromatic rings. The summed E-state index contributed by atoms with van der Waals surface area (Å²) in [5.41, 5.74) is 1.90. The van der Waals surface area contributed by atoms with Crippen LogP contribution in [0.2, 0.25) is 0 Å². The van der Waals surface area contributed by atoms with Crippen LogP contribution in [0, 0.1) is 11.8 Å². The van der Waals surface area contributed by atoms with Gasteiger partial charge in [0.05, 0.1) is 5.94 Å². The van der Waals surface area contributed by atoms with Gasteiger partial charge in [-0.05, 0) is 42.7 Å². The van der Waals surface area contributed by atoms with Gasteiger partial charge in [-0.2, -0.15) is 0 Å². The van der Waals surface area contributed by atoms with E-state index in [1.165, 1.54) is 0 Å². The van der Waals surface area contributed by atoms with Crippen molar-refractivity contribution in [1.82, 2.24) is 15.6 Å². The third kappa shape index (κ3) is 6.58. The first-order chi connectivity index (χ1) is 14.8. The Bertz CT molecular complexity index is 877. The summed E-state index contributed by atoms with van der Waals surface area (Å²) in [5, 5.41) is 26.1. The Morgan fingerprint density at radius 2 is 1.87 bits per heavy atom. The standard InChI is InChI=1S/C23H34BN3O4/c1-15(2)11-21(24(30)31)27-23(29)20(26-22(28)12-16-7-3-4-8-16)13-17-14-25-19-10-6-5-9-18(17)19/h5-6,9-10,14-16,20-21,25,30-31H,3-4,7-8,11-13H2,1-2H3,(H,26,28)(H,27,29)/t20-,21-/m0/s1. The molecule has 1 aromatic carbocycles. The zero-order valence-corrected chi connectivity index (χ0v) is 18.4. The molecule has 1 saturated carbocycles. The average Bonchev–Trinajstić information content (AvgIpc) is 3.36. The second-order valence-electron chi connectivity index (χ2n) is 9.20. The monoisotopic (exact) mass is 427 g/mol. The van der Waals surface area contributed by atoms with E-state index in [4.69, 9.17) is 0 Å². The second kappa shape index (κ2) is 10.8. The molecule has 0 radical (unpaired) electrons. The van der Waals surface area contributed by atoms with Crippen LogP contribution in [0.5, 0.6) is 0 Å². The molecule has 8 heteroatoms. The van der Waals surface area contributed by atoms with Gasteiger partial charge >= 0.3 is 7.12 Å². The van der Waals surface area contributed by atoms with E-state index in [1.807, 2.05) is 44.3 Å². The molecule has 0 bridgehead atoms. The molecule has 0 spiro atoms. The van der Waals surface area contributed by atoms with E-state index in [0.717, 1.165) is 42.1 Å². The van der Waals surface area contributed by atoms with Crippen molar-refractivity contribution in [3.8, 4) is 0 Å². The number of aromatic amines is 1. The number of rotatable bonds is 10. The molecule has 1 aliphatic rings. The fourth-order valence-corrected chi connectivity index (χ4v) is 4.51. The highest BCUT2D eigenvalue weighted by Gasteiger charge is 2.31. The summed E-state index contributed by atoms with van der Waals surface area (Å²) < 4.78 is 0. The number of carbonyl (C=O) groups excluding carboxylic acids is 2. The maximum absolute atomic E-state index is 13.1. The van der Waals surface area contributed by atoms with Crippen LogP contribution in [0.25, 0.3) is 10.9 Å². The molecule has 2 atom stereocenters. The third-order valence-corrected chi connectivity index (χ3v) is 6.11. The number of carbonyl (C=O) groups is 2. The summed E-state index contributed by atoms with van der Waals surface area (Å²) >= 11 is 0. The van der Waals surface area contributed by atoms with E-state index in [9.17, 15) is 19.6 Å². The Hall–Kier alpha value is -2.32. The summed E-state index contributed by atoms with van der Waals surface area (Å²) in [7, 11) is -1.66. The lowest BCUT2D eigenvalue weighted by Crippen LogP contribution is -2.55. The molecule has 3 rings (SSSR count). The van der Waals surface area contributed by atoms with Gasteiger partial charge in [-0.1, -0.05) is 44.9 Å². The Labute approximate surface area is 184 Å². The molecule has 168 valence electrons. The van der Waals surface area contributed by atoms with Crippen LogP contribution in [0.1, 0.15) is 57.9 Å². The highest BCUT2D eigenvalue weighted by molar-refractivity contribution is 6.43. The fraction of sp³-hybridized carbons (Fsp3) is 0.565. The van der Waals surface area contributed by atoms with E-state index in [0.29, 0.717) is 25.2 Å². The topological polar surface area (TPSA) is 114 Å². The smallest absolute Gasteiger partial charge is 0.426 e. The van der Waals surface area contributed by atoms with Crippen LogP contribution in [0.15, 0.2) is 30.5 Å². The summed E-state index contributed by atoms with van der Waals surface area (Å²) in [4.78, 5) is 29.0. The number of hydrogen-bond donors (Lipinski definition) is 5. The molecule has 0 unspecified atom stereocenters. The van der Waals surface area contributed by atoms with Gasteiger partial charge in [0.15, 0.2) is 0 Å². The molecule has 0 aliphatic heterocycles. The van der Waals surface area contributed by atoms with Crippen molar-refractivity contribution in [3.05, 3.63) is 36.0 Å². The van der Waals surface area contributed by atoms with Gasteiger partial charge < -0.3 is 25.7 Å². The van der Waals surface area contributed by atoms with Crippen molar-refractivity contribution in [2.45, 2.75) is 70.8 Å². The highest BCUT2D eigenvalue weighted by atomic mass is 16.4. The molecule has 2 amide bonds. The lowest BCUT2D eigenvalue weighted by molar-refractivity contribution is -0.129. The van der Waals surface area contributed by atoms with Crippen molar-refractivity contribution >= 4 is 29.8 Å². The minimum absolute atomic E-state index is 0.128. The summed E-state index contributed by atoms with van der Waals surface area (Å²) in [5.74, 6) is -0.758. The summed E-state index contributed by atoms with van der Waals surface area (Å²) in [6.07, 6.45) is 7.46. The molecule has 1 heterocycles. The number of aromatic nitrogens is 1. The van der Waals surface area contributed by atoms with Gasteiger partial charge in [0.1, 0.15) is 6.04 Å². The number of amides is 2. The first-order valence-corrected chi connectivity index (χ1v) is 11.3. The average molecular weight is 427 g/mol. The van der Waals surface area contributed by atoms with Gasteiger partial charge in [-0.25, -0.2) is 0 Å². The number of H-pyrrole nitrogens is 1. The van der Waals surface area contributed by atoms with Crippen LogP contribution in [0.4, 0.5) is 0 Å². The maximum Gasteiger partial charge on any atom is 0.475 e. The maximum atomic E-state index is 13.1. The van der Waals surface area contributed by atoms with E-state index in [2.05, 4.69) is 15.6 Å². The second-order valence-corrected chi connectivity index (χ2v) is 9.20. The summed E-state index contributed by atoms with van der Waals surface area (Å²) in [6, 6.07) is 7.04. The molecule has 31 heavy (non-hydrogen) atoms. The zero-order chi connectivity index (χ0) is 22.4. The number of para-hydroxylation sites is 1. The van der Waals surface area contributed by atoms with Crippen molar-refractivity contribution in [2.75, 3.05) is 0 Å². The van der Waals surface area contributed by atoms with Gasteiger partial charge in [0, 0.05) is 29.9 Å². The number of hydrogen-bond acceptors (Lipinski definition) is 4. The van der Waals surface area contributed by atoms with Gasteiger partial charge in [-0.3, -0.25) is 9.59 Å². The Kier molecular flexibility index (Phi) is 8.15. The molecule has 1 aliphatic carbocycles. The highest BCUT2D eigenvalue weighted by Crippen LogP contribution is 2.27. The van der Waals surface area contributed by atoms with Gasteiger partial charge in [0.2, 0.25) is 11.8 Å². The Balaban J connectivity index is 1.75. The van der Waals surface area contributed by atoms with Crippen LogP contribution < -0.4 is 10.6 Å². The van der Waals surface area contributed by atoms with E-state index in [1.54, 1.807) is 0 Å². The third-order valence-electron chi connectivity index (χ3n) is 6.11. The number of nitrogens with one attached hydrogen (secondary N) is 3. The lowest BCUT2D eigenvalue weighted by Gasteiger charge is -2.24. The van der Waals surface area contributed by atoms with Crippen LogP contribution in [-0.2, 0) is 16.0 Å². The van der Waals surface area contributed by atoms with Gasteiger partial charge in [-0.15, -0.1) is 0 Å². The van der Waals surface area contributed by atoms with Crippen molar-refractivity contribution in [2.24, 2.45) is 11.8 Å². The first kappa shape index (κ1) is 23.4. The van der Waals surface area contributed by atoms with Crippen LogP contribution in [-0.4, -0.2) is 45.9 Å². The lowest BCUT2D eigenvalue weighted by atomic mass is 9.75. The fourth-order valence-electron chi connectivity index (χ4n) is 4.51. The largest absolute Gasteiger partial charge is 0.475 e. The van der Waals surface area contributed by atoms with Gasteiger partial charge in [0.25, 0.3) is 0 Å². The van der Waals surface area contributed by atoms with Crippen LogP contribution >= 0.6 is 0 Å². The molecular formula is C23H34BN3O4. The minimum atomic E-state index is -1.66. The van der Waals surface area contributed by atoms with Crippen LogP contribution in [0.3, 0.4) is 0 Å². The summed E-state index contributed by atoms with van der Waals surface area (Å²) in [6.45, 7) is 3.91. The zero-order valence-electron chi connectivity index (χ0n) is 18.4. The van der Waals surface area contributed by atoms with E-state index in [-0.39, 0.29) is 11.8 Å². The molecule has 1 aromatic heterocycles. The molecular weight excluding hydrogens is 393 g/mol. The SMILES string of the molecule is CC(C)C[C@H](NC(=O)[C@H](Cc1c[nH]c2ccccc12)NC(=O)CC1CCCC1)B(O)O. The van der Waals surface area contributed by atoms with Crippen molar-refractivity contribution in [1.29, 1.82) is 0 Å². The van der Waals surface area contributed by atoms with E-state index < -0.39 is 25.0 Å².